The molecule has 4 rings (SSSR count). The van der Waals surface area contributed by atoms with Crippen molar-refractivity contribution in [3.63, 3.8) is 0 Å². The number of rotatable bonds is 5. The highest BCUT2D eigenvalue weighted by molar-refractivity contribution is 6.30. The Bertz CT molecular complexity index is 1140. The molecule has 0 aliphatic rings. The zero-order valence-corrected chi connectivity index (χ0v) is 15.7. The second-order valence-corrected chi connectivity index (χ2v) is 6.42. The molecule has 0 aliphatic heterocycles. The second kappa shape index (κ2) is 7.70. The summed E-state index contributed by atoms with van der Waals surface area (Å²) in [7, 11) is 0. The molecule has 0 aliphatic carbocycles. The molecule has 2 aromatic carbocycles. The number of anilines is 1. The number of carbonyl (C=O) groups excluding carboxylic acids is 1. The van der Waals surface area contributed by atoms with E-state index in [0.717, 1.165) is 10.9 Å². The van der Waals surface area contributed by atoms with E-state index in [-0.39, 0.29) is 11.6 Å². The quantitative estimate of drug-likeness (QED) is 0.504. The van der Waals surface area contributed by atoms with E-state index in [1.54, 1.807) is 48.7 Å². The van der Waals surface area contributed by atoms with Gasteiger partial charge in [-0.1, -0.05) is 16.8 Å². The van der Waals surface area contributed by atoms with E-state index in [4.69, 9.17) is 20.9 Å². The number of amides is 1. The van der Waals surface area contributed by atoms with Gasteiger partial charge in [-0.05, 0) is 55.5 Å². The first-order valence-corrected chi connectivity index (χ1v) is 9.08. The molecule has 0 saturated carbocycles. The molecule has 2 heterocycles. The summed E-state index contributed by atoms with van der Waals surface area (Å²) in [6, 6.07) is 15.9. The summed E-state index contributed by atoms with van der Waals surface area (Å²) in [5.41, 5.74) is 2.26. The van der Waals surface area contributed by atoms with Crippen LogP contribution in [0.5, 0.6) is 5.75 Å². The van der Waals surface area contributed by atoms with Gasteiger partial charge in [-0.15, -0.1) is 0 Å². The maximum Gasteiger partial charge on any atom is 0.277 e. The smallest absolute Gasteiger partial charge is 0.277 e. The lowest BCUT2D eigenvalue weighted by Gasteiger charge is -2.11. The molecule has 0 spiro atoms. The zero-order chi connectivity index (χ0) is 19.5. The van der Waals surface area contributed by atoms with Crippen LogP contribution in [0, 0.1) is 0 Å². The topological polar surface area (TPSA) is 77.2 Å². The number of hydrogen-bond donors (Lipinski definition) is 1. The molecule has 1 amide bonds. The Labute approximate surface area is 166 Å². The highest BCUT2D eigenvalue weighted by Gasteiger charge is 2.16. The average Bonchev–Trinajstić information content (AvgIpc) is 3.21. The third-order valence-corrected chi connectivity index (χ3v) is 4.40. The van der Waals surface area contributed by atoms with E-state index in [2.05, 4.69) is 15.5 Å². The molecule has 1 N–H and O–H groups in total. The third-order valence-electron chi connectivity index (χ3n) is 4.15. The van der Waals surface area contributed by atoms with E-state index in [9.17, 15) is 4.79 Å². The van der Waals surface area contributed by atoms with Crippen LogP contribution in [0.25, 0.3) is 22.2 Å². The summed E-state index contributed by atoms with van der Waals surface area (Å²) >= 11 is 5.90. The average molecular weight is 394 g/mol. The van der Waals surface area contributed by atoms with Crippen LogP contribution in [0.3, 0.4) is 0 Å². The van der Waals surface area contributed by atoms with Gasteiger partial charge < -0.3 is 14.6 Å². The van der Waals surface area contributed by atoms with Gasteiger partial charge >= 0.3 is 0 Å². The molecule has 4 aromatic rings. The van der Waals surface area contributed by atoms with Gasteiger partial charge in [-0.25, -0.2) is 0 Å². The minimum absolute atomic E-state index is 0.177. The lowest BCUT2D eigenvalue weighted by atomic mass is 10.1. The second-order valence-electron chi connectivity index (χ2n) is 5.98. The number of nitrogens with one attached hydrogen (secondary N) is 1. The van der Waals surface area contributed by atoms with Crippen LogP contribution in [0.15, 0.2) is 65.3 Å². The van der Waals surface area contributed by atoms with Crippen molar-refractivity contribution in [3.05, 3.63) is 71.5 Å². The zero-order valence-electron chi connectivity index (χ0n) is 15.0. The lowest BCUT2D eigenvalue weighted by molar-refractivity contribution is 0.101. The van der Waals surface area contributed by atoms with E-state index >= 15 is 0 Å². The van der Waals surface area contributed by atoms with Crippen LogP contribution in [-0.4, -0.2) is 22.7 Å². The lowest BCUT2D eigenvalue weighted by Crippen LogP contribution is -2.12. The third kappa shape index (κ3) is 3.54. The highest BCUT2D eigenvalue weighted by atomic mass is 35.5. The largest absolute Gasteiger partial charge is 0.492 e. The highest BCUT2D eigenvalue weighted by Crippen LogP contribution is 2.30. The van der Waals surface area contributed by atoms with E-state index in [1.165, 1.54) is 0 Å². The minimum Gasteiger partial charge on any atom is -0.492 e. The first kappa shape index (κ1) is 18.0. The van der Waals surface area contributed by atoms with Crippen molar-refractivity contribution in [3.8, 4) is 17.1 Å². The Morgan fingerprint density at radius 3 is 2.79 bits per heavy atom. The first-order valence-electron chi connectivity index (χ1n) is 8.70. The first-order chi connectivity index (χ1) is 13.7. The number of hydrogen-bond acceptors (Lipinski definition) is 5. The van der Waals surface area contributed by atoms with Gasteiger partial charge in [0.05, 0.1) is 12.3 Å². The number of halogens is 1. The number of pyridine rings is 1. The van der Waals surface area contributed by atoms with Gasteiger partial charge in [-0.2, -0.15) is 0 Å². The standard InChI is InChI=1S/C21H16ClN3O3/c1-2-27-18-10-9-16(15-4-3-11-23-20(15)18)24-21(26)17-12-19(28-25-17)13-5-7-14(22)8-6-13/h3-12H,2H2,1H3,(H,24,26). The van der Waals surface area contributed by atoms with Crippen molar-refractivity contribution < 1.29 is 14.1 Å². The normalized spacial score (nSPS) is 10.8. The van der Waals surface area contributed by atoms with Gasteiger partial charge in [0.25, 0.3) is 5.91 Å². The number of nitrogens with zero attached hydrogens (tertiary/aromatic N) is 2. The molecule has 0 atom stereocenters. The number of ether oxygens (including phenoxy) is 1. The van der Waals surface area contributed by atoms with Crippen molar-refractivity contribution >= 4 is 34.1 Å². The summed E-state index contributed by atoms with van der Waals surface area (Å²) in [5, 5.41) is 8.15. The van der Waals surface area contributed by atoms with Gasteiger partial charge in [0, 0.05) is 28.2 Å². The van der Waals surface area contributed by atoms with Crippen LogP contribution in [0.4, 0.5) is 5.69 Å². The predicted molar refractivity (Wildman–Crippen MR) is 108 cm³/mol. The molecule has 28 heavy (non-hydrogen) atoms. The summed E-state index contributed by atoms with van der Waals surface area (Å²) in [6.45, 7) is 2.44. The molecule has 0 saturated heterocycles. The minimum atomic E-state index is -0.377. The van der Waals surface area contributed by atoms with Crippen molar-refractivity contribution in [1.29, 1.82) is 0 Å². The molecular weight excluding hydrogens is 378 g/mol. The van der Waals surface area contributed by atoms with E-state index in [1.807, 2.05) is 19.1 Å². The predicted octanol–water partition coefficient (Wildman–Crippen LogP) is 5.19. The summed E-state index contributed by atoms with van der Waals surface area (Å²) in [6.07, 6.45) is 1.69. The molecular formula is C21H16ClN3O3. The summed E-state index contributed by atoms with van der Waals surface area (Å²) < 4.78 is 10.9. The van der Waals surface area contributed by atoms with Crippen LogP contribution in [0.1, 0.15) is 17.4 Å². The number of aromatic nitrogens is 2. The molecule has 0 fully saturated rings. The maximum absolute atomic E-state index is 12.7. The van der Waals surface area contributed by atoms with E-state index in [0.29, 0.717) is 34.3 Å². The van der Waals surface area contributed by atoms with Crippen LogP contribution in [0.2, 0.25) is 5.02 Å². The molecule has 6 nitrogen and oxygen atoms in total. The fraction of sp³-hybridized carbons (Fsp3) is 0.0952. The molecule has 0 unspecified atom stereocenters. The number of benzene rings is 2. The number of carbonyl (C=O) groups is 1. The monoisotopic (exact) mass is 393 g/mol. The van der Waals surface area contributed by atoms with Crippen LogP contribution >= 0.6 is 11.6 Å². The van der Waals surface area contributed by atoms with Gasteiger partial charge in [0.2, 0.25) is 0 Å². The molecule has 140 valence electrons. The summed E-state index contributed by atoms with van der Waals surface area (Å²) in [5.74, 6) is 0.779. The fourth-order valence-electron chi connectivity index (χ4n) is 2.85. The van der Waals surface area contributed by atoms with Crippen LogP contribution in [-0.2, 0) is 0 Å². The molecule has 7 heteroatoms. The van der Waals surface area contributed by atoms with Crippen molar-refractivity contribution in [2.75, 3.05) is 11.9 Å². The Morgan fingerprint density at radius 2 is 2.00 bits per heavy atom. The Kier molecular flexibility index (Phi) is 4.95. The SMILES string of the molecule is CCOc1ccc(NC(=O)c2cc(-c3ccc(Cl)cc3)on2)c2cccnc12. The molecule has 2 aromatic heterocycles. The number of fused-ring (bicyclic) bond motifs is 1. The van der Waals surface area contributed by atoms with Crippen molar-refractivity contribution in [1.82, 2.24) is 10.1 Å². The molecule has 0 radical (unpaired) electrons. The Morgan fingerprint density at radius 1 is 1.18 bits per heavy atom. The van der Waals surface area contributed by atoms with E-state index < -0.39 is 0 Å². The Hall–Kier alpha value is -3.38. The maximum atomic E-state index is 12.7. The fourth-order valence-corrected chi connectivity index (χ4v) is 2.97. The van der Waals surface area contributed by atoms with Crippen molar-refractivity contribution in [2.45, 2.75) is 6.92 Å². The van der Waals surface area contributed by atoms with Gasteiger partial charge in [0.15, 0.2) is 11.5 Å². The van der Waals surface area contributed by atoms with Gasteiger partial charge in [0.1, 0.15) is 11.3 Å². The Balaban J connectivity index is 1.61. The van der Waals surface area contributed by atoms with Crippen molar-refractivity contribution in [2.24, 2.45) is 0 Å². The summed E-state index contributed by atoms with van der Waals surface area (Å²) in [4.78, 5) is 17.0. The van der Waals surface area contributed by atoms with Crippen LogP contribution < -0.4 is 10.1 Å². The molecule has 0 bridgehead atoms. The van der Waals surface area contributed by atoms with Gasteiger partial charge in [-0.3, -0.25) is 9.78 Å².